The number of carbonyl (C=O) groups is 2. The Morgan fingerprint density at radius 1 is 0.969 bits per heavy atom. The van der Waals surface area contributed by atoms with Crippen LogP contribution in [0.5, 0.6) is 5.75 Å². The van der Waals surface area contributed by atoms with Crippen LogP contribution >= 0.6 is 11.6 Å². The zero-order valence-electron chi connectivity index (χ0n) is 18.1. The number of aryl methyl sites for hydroxylation is 2. The second-order valence-corrected chi connectivity index (χ2v) is 7.72. The lowest BCUT2D eigenvalue weighted by atomic mass is 10.1. The molecule has 3 aromatic rings. The fraction of sp³-hybridized carbons (Fsp3) is 0.160. The Balaban J connectivity index is 1.55. The summed E-state index contributed by atoms with van der Waals surface area (Å²) in [4.78, 5) is 24.2. The van der Waals surface area contributed by atoms with Crippen molar-refractivity contribution in [2.45, 2.75) is 27.4 Å². The van der Waals surface area contributed by atoms with Crippen LogP contribution in [-0.2, 0) is 16.2 Å². The van der Waals surface area contributed by atoms with Crippen LogP contribution in [0.3, 0.4) is 0 Å². The Bertz CT molecular complexity index is 1160. The molecular weight excluding hydrogens is 426 g/mol. The fourth-order valence-electron chi connectivity index (χ4n) is 2.95. The maximum absolute atomic E-state index is 12.1. The number of rotatable bonds is 6. The van der Waals surface area contributed by atoms with Crippen LogP contribution in [0.2, 0.25) is 5.02 Å². The van der Waals surface area contributed by atoms with Gasteiger partial charge in [0, 0.05) is 16.3 Å². The molecule has 0 spiro atoms. The fourth-order valence-corrected chi connectivity index (χ4v) is 3.14. The number of benzene rings is 3. The summed E-state index contributed by atoms with van der Waals surface area (Å²) in [6, 6.07) is 20.3. The normalized spacial score (nSPS) is 11.1. The maximum Gasteiger partial charge on any atom is 0.329 e. The summed E-state index contributed by atoms with van der Waals surface area (Å²) in [6.45, 7) is 5.92. The molecule has 3 aromatic carbocycles. The number of anilines is 1. The molecule has 32 heavy (non-hydrogen) atoms. The standard InChI is InChI=1S/C25H24ClN3O3/c1-16-8-13-23(17(2)14-16)27-24(30)25(31)29-28-18(3)19-9-11-21(12-10-19)32-15-20-6-4-5-7-22(20)26/h4-14H,15H2,1-3H3,(H,27,30)(H,29,31)/b28-18+. The predicted molar refractivity (Wildman–Crippen MR) is 127 cm³/mol. The van der Waals surface area contributed by atoms with E-state index in [9.17, 15) is 9.59 Å². The van der Waals surface area contributed by atoms with E-state index in [1.165, 1.54) is 0 Å². The number of nitrogens with zero attached hydrogens (tertiary/aromatic N) is 1. The molecule has 6 nitrogen and oxygen atoms in total. The molecule has 0 aliphatic rings. The number of halogens is 1. The van der Waals surface area contributed by atoms with Crippen molar-refractivity contribution in [3.8, 4) is 5.75 Å². The van der Waals surface area contributed by atoms with Gasteiger partial charge in [0.1, 0.15) is 12.4 Å². The van der Waals surface area contributed by atoms with Crippen molar-refractivity contribution in [1.82, 2.24) is 5.43 Å². The Labute approximate surface area is 192 Å². The molecule has 0 bridgehead atoms. The summed E-state index contributed by atoms with van der Waals surface area (Å²) in [7, 11) is 0. The van der Waals surface area contributed by atoms with E-state index in [1.807, 2.05) is 62.4 Å². The molecule has 0 heterocycles. The molecular formula is C25H24ClN3O3. The van der Waals surface area contributed by atoms with Crippen molar-refractivity contribution in [1.29, 1.82) is 0 Å². The molecule has 0 saturated heterocycles. The number of ether oxygens (including phenoxy) is 1. The molecule has 0 fully saturated rings. The highest BCUT2D eigenvalue weighted by Crippen LogP contribution is 2.19. The Kier molecular flexibility index (Phi) is 7.63. The SMILES string of the molecule is C/C(=N\NC(=O)C(=O)Nc1ccc(C)cc1C)c1ccc(OCc2ccccc2Cl)cc1. The first-order valence-electron chi connectivity index (χ1n) is 10.0. The van der Waals surface area contributed by atoms with Gasteiger partial charge in [-0.05, 0) is 68.3 Å². The first-order valence-corrected chi connectivity index (χ1v) is 10.4. The highest BCUT2D eigenvalue weighted by molar-refractivity contribution is 6.39. The Morgan fingerprint density at radius 2 is 1.69 bits per heavy atom. The molecule has 0 aromatic heterocycles. The zero-order chi connectivity index (χ0) is 23.1. The summed E-state index contributed by atoms with van der Waals surface area (Å²) in [5.74, 6) is -0.945. The number of carbonyl (C=O) groups excluding carboxylic acids is 2. The minimum atomic E-state index is -0.844. The number of nitrogens with one attached hydrogen (secondary N) is 2. The molecule has 0 aliphatic carbocycles. The number of hydrazone groups is 1. The third-order valence-electron chi connectivity index (χ3n) is 4.79. The molecule has 164 valence electrons. The van der Waals surface area contributed by atoms with E-state index in [0.717, 1.165) is 22.3 Å². The maximum atomic E-state index is 12.1. The third kappa shape index (κ3) is 6.18. The van der Waals surface area contributed by atoms with Crippen molar-refractivity contribution in [2.75, 3.05) is 5.32 Å². The highest BCUT2D eigenvalue weighted by atomic mass is 35.5. The monoisotopic (exact) mass is 449 g/mol. The minimum Gasteiger partial charge on any atom is -0.489 e. The van der Waals surface area contributed by atoms with Gasteiger partial charge in [-0.3, -0.25) is 9.59 Å². The van der Waals surface area contributed by atoms with Gasteiger partial charge in [0.05, 0.1) is 5.71 Å². The molecule has 0 saturated carbocycles. The van der Waals surface area contributed by atoms with Gasteiger partial charge in [0.25, 0.3) is 0 Å². The van der Waals surface area contributed by atoms with Crippen LogP contribution in [0.1, 0.15) is 29.2 Å². The molecule has 7 heteroatoms. The van der Waals surface area contributed by atoms with Crippen molar-refractivity contribution >= 4 is 34.8 Å². The van der Waals surface area contributed by atoms with Gasteiger partial charge in [0.15, 0.2) is 0 Å². The molecule has 2 amide bonds. The van der Waals surface area contributed by atoms with Crippen molar-refractivity contribution < 1.29 is 14.3 Å². The van der Waals surface area contributed by atoms with Gasteiger partial charge in [-0.2, -0.15) is 5.10 Å². The molecule has 3 rings (SSSR count). The number of amides is 2. The number of hydrogen-bond donors (Lipinski definition) is 2. The Hall–Kier alpha value is -3.64. The minimum absolute atomic E-state index is 0.359. The van der Waals surface area contributed by atoms with Crippen LogP contribution in [0, 0.1) is 13.8 Å². The first-order chi connectivity index (χ1) is 15.3. The third-order valence-corrected chi connectivity index (χ3v) is 5.15. The smallest absolute Gasteiger partial charge is 0.329 e. The van der Waals surface area contributed by atoms with E-state index >= 15 is 0 Å². The van der Waals surface area contributed by atoms with E-state index in [2.05, 4.69) is 15.8 Å². The summed E-state index contributed by atoms with van der Waals surface area (Å²) < 4.78 is 5.76. The van der Waals surface area contributed by atoms with Gasteiger partial charge < -0.3 is 10.1 Å². The van der Waals surface area contributed by atoms with Gasteiger partial charge in [-0.25, -0.2) is 5.43 Å². The second kappa shape index (κ2) is 10.6. The van der Waals surface area contributed by atoms with Crippen molar-refractivity contribution in [2.24, 2.45) is 5.10 Å². The van der Waals surface area contributed by atoms with Gasteiger partial charge >= 0.3 is 11.8 Å². The molecule has 0 radical (unpaired) electrons. The van der Waals surface area contributed by atoms with Crippen LogP contribution in [0.4, 0.5) is 5.69 Å². The van der Waals surface area contributed by atoms with Crippen LogP contribution < -0.4 is 15.5 Å². The van der Waals surface area contributed by atoms with Crippen LogP contribution in [0.15, 0.2) is 71.8 Å². The summed E-state index contributed by atoms with van der Waals surface area (Å²) >= 11 is 6.14. The van der Waals surface area contributed by atoms with E-state index in [-0.39, 0.29) is 0 Å². The van der Waals surface area contributed by atoms with Gasteiger partial charge in [-0.1, -0.05) is 47.5 Å². The highest BCUT2D eigenvalue weighted by Gasteiger charge is 2.14. The zero-order valence-corrected chi connectivity index (χ0v) is 18.9. The Morgan fingerprint density at radius 3 is 2.38 bits per heavy atom. The average molecular weight is 450 g/mol. The number of hydrogen-bond acceptors (Lipinski definition) is 4. The predicted octanol–water partition coefficient (Wildman–Crippen LogP) is 5.01. The average Bonchev–Trinajstić information content (AvgIpc) is 2.78. The van der Waals surface area contributed by atoms with Crippen molar-refractivity contribution in [3.05, 3.63) is 94.0 Å². The van der Waals surface area contributed by atoms with Crippen LogP contribution in [0.25, 0.3) is 0 Å². The second-order valence-electron chi connectivity index (χ2n) is 7.32. The lowest BCUT2D eigenvalue weighted by molar-refractivity contribution is -0.136. The molecule has 0 atom stereocenters. The van der Waals surface area contributed by atoms with Crippen LogP contribution in [-0.4, -0.2) is 17.5 Å². The lowest BCUT2D eigenvalue weighted by Gasteiger charge is -2.09. The lowest BCUT2D eigenvalue weighted by Crippen LogP contribution is -2.33. The topological polar surface area (TPSA) is 79.8 Å². The van der Waals surface area contributed by atoms with Gasteiger partial charge in [0.2, 0.25) is 0 Å². The first kappa shape index (κ1) is 23.0. The summed E-state index contributed by atoms with van der Waals surface area (Å²) in [5, 5.41) is 7.28. The van der Waals surface area contributed by atoms with E-state index in [4.69, 9.17) is 16.3 Å². The molecule has 2 N–H and O–H groups in total. The quantitative estimate of drug-likeness (QED) is 0.315. The largest absolute Gasteiger partial charge is 0.489 e. The van der Waals surface area contributed by atoms with E-state index < -0.39 is 11.8 Å². The molecule has 0 aliphatic heterocycles. The summed E-state index contributed by atoms with van der Waals surface area (Å²) in [6.07, 6.45) is 0. The van der Waals surface area contributed by atoms with E-state index in [1.54, 1.807) is 25.1 Å². The van der Waals surface area contributed by atoms with Crippen molar-refractivity contribution in [3.63, 3.8) is 0 Å². The van der Waals surface area contributed by atoms with Gasteiger partial charge in [-0.15, -0.1) is 0 Å². The molecule has 0 unspecified atom stereocenters. The summed E-state index contributed by atoms with van der Waals surface area (Å²) in [5.41, 5.74) is 7.06. The van der Waals surface area contributed by atoms with E-state index in [0.29, 0.717) is 28.8 Å².